The third-order valence-electron chi connectivity index (χ3n) is 6.23. The molecule has 8 heteroatoms. The minimum atomic E-state index is -0.476. The first-order valence-electron chi connectivity index (χ1n) is 11.5. The molecule has 1 N–H and O–H groups in total. The Balaban J connectivity index is 1.62. The van der Waals surface area contributed by atoms with E-state index >= 15 is 0 Å². The van der Waals surface area contributed by atoms with Crippen molar-refractivity contribution in [2.75, 3.05) is 18.3 Å². The molecular formula is C28H26N4O3S. The topological polar surface area (TPSA) is 80.5 Å². The number of aryl methyl sites for hydroxylation is 1. The lowest BCUT2D eigenvalue weighted by Crippen LogP contribution is -2.46. The highest BCUT2D eigenvalue weighted by molar-refractivity contribution is 7.98. The molecule has 1 aromatic heterocycles. The number of ether oxygens (including phenoxy) is 1. The average molecular weight is 499 g/mol. The fourth-order valence-electron chi connectivity index (χ4n) is 4.26. The van der Waals surface area contributed by atoms with Gasteiger partial charge >= 0.3 is 6.03 Å². The number of hydrogen-bond donors (Lipinski definition) is 1. The quantitative estimate of drug-likeness (QED) is 0.307. The molecule has 5 rings (SSSR count). The number of hydrogen-bond acceptors (Lipinski definition) is 6. The van der Waals surface area contributed by atoms with Gasteiger partial charge in [0, 0.05) is 16.2 Å². The maximum atomic E-state index is 13.4. The summed E-state index contributed by atoms with van der Waals surface area (Å²) in [7, 11) is 1.62. The molecule has 2 amide bonds. The number of urea groups is 1. The number of nitrogens with one attached hydrogen (secondary N) is 1. The number of rotatable bonds is 6. The molecule has 7 nitrogen and oxygen atoms in total. The Morgan fingerprint density at radius 3 is 2.31 bits per heavy atom. The predicted molar refractivity (Wildman–Crippen MR) is 142 cm³/mol. The van der Waals surface area contributed by atoms with Crippen LogP contribution in [0.15, 0.2) is 87.9 Å². The van der Waals surface area contributed by atoms with Crippen molar-refractivity contribution in [3.63, 3.8) is 0 Å². The van der Waals surface area contributed by atoms with Crippen LogP contribution in [0.1, 0.15) is 30.0 Å². The van der Waals surface area contributed by atoms with Crippen LogP contribution in [-0.4, -0.2) is 29.5 Å². The van der Waals surface area contributed by atoms with Gasteiger partial charge < -0.3 is 14.6 Å². The van der Waals surface area contributed by atoms with Crippen LogP contribution in [0.2, 0.25) is 0 Å². The molecule has 36 heavy (non-hydrogen) atoms. The number of nitrogens with zero attached hydrogens (tertiary/aromatic N) is 3. The number of carbonyl (C=O) groups excluding carboxylic acids is 1. The molecule has 0 fully saturated rings. The van der Waals surface area contributed by atoms with Crippen LogP contribution >= 0.6 is 11.8 Å². The second-order valence-electron chi connectivity index (χ2n) is 8.48. The highest BCUT2D eigenvalue weighted by Crippen LogP contribution is 2.39. The summed E-state index contributed by atoms with van der Waals surface area (Å²) in [6.45, 7) is 3.94. The first-order valence-corrected chi connectivity index (χ1v) is 12.7. The molecule has 0 saturated heterocycles. The molecule has 4 aromatic rings. The molecule has 1 aliphatic rings. The monoisotopic (exact) mass is 498 g/mol. The fraction of sp³-hybridized carbons (Fsp3) is 0.179. The van der Waals surface area contributed by atoms with E-state index in [0.717, 1.165) is 44.3 Å². The van der Waals surface area contributed by atoms with Crippen LogP contribution in [0.5, 0.6) is 5.75 Å². The molecule has 0 bridgehead atoms. The van der Waals surface area contributed by atoms with Crippen LogP contribution in [0, 0.1) is 6.92 Å². The van der Waals surface area contributed by atoms with Crippen molar-refractivity contribution in [3.8, 4) is 17.1 Å². The molecule has 182 valence electrons. The van der Waals surface area contributed by atoms with Crippen LogP contribution in [0.25, 0.3) is 17.0 Å². The molecule has 0 saturated carbocycles. The Labute approximate surface area is 214 Å². The summed E-state index contributed by atoms with van der Waals surface area (Å²) in [6, 6.07) is 22.7. The van der Waals surface area contributed by atoms with Gasteiger partial charge in [0.25, 0.3) is 5.89 Å². The number of carbonyl (C=O) groups is 1. The third kappa shape index (κ3) is 4.47. The van der Waals surface area contributed by atoms with Gasteiger partial charge in [0.1, 0.15) is 5.75 Å². The number of amides is 2. The van der Waals surface area contributed by atoms with E-state index < -0.39 is 6.04 Å². The lowest BCUT2D eigenvalue weighted by atomic mass is 9.94. The standard InChI is InChI=1S/C28H26N4O3S/c1-17-5-7-20(8-6-17)26-30-27(35-31-26)24-18(2)32(21-11-15-23(36-4)16-12-21)28(33)29-25(24)19-9-13-22(34-3)14-10-19/h5-16,25H,1-4H3,(H,29,33). The average Bonchev–Trinajstić information content (AvgIpc) is 3.39. The highest BCUT2D eigenvalue weighted by atomic mass is 32.2. The van der Waals surface area contributed by atoms with Crippen molar-refractivity contribution in [2.24, 2.45) is 0 Å². The predicted octanol–water partition coefficient (Wildman–Crippen LogP) is 6.48. The third-order valence-corrected chi connectivity index (χ3v) is 6.97. The molecule has 3 aromatic carbocycles. The van der Waals surface area contributed by atoms with E-state index in [0.29, 0.717) is 11.7 Å². The van der Waals surface area contributed by atoms with Crippen molar-refractivity contribution in [1.29, 1.82) is 0 Å². The number of thioether (sulfide) groups is 1. The Bertz CT molecular complexity index is 1410. The van der Waals surface area contributed by atoms with Crippen LogP contribution < -0.4 is 15.0 Å². The number of methoxy groups -OCH3 is 1. The zero-order valence-corrected chi connectivity index (χ0v) is 21.3. The van der Waals surface area contributed by atoms with E-state index in [2.05, 4.69) is 10.5 Å². The number of anilines is 1. The van der Waals surface area contributed by atoms with Gasteiger partial charge in [-0.1, -0.05) is 47.1 Å². The summed E-state index contributed by atoms with van der Waals surface area (Å²) >= 11 is 1.65. The first kappa shape index (κ1) is 23.7. The molecule has 1 aliphatic heterocycles. The van der Waals surface area contributed by atoms with Gasteiger partial charge in [-0.2, -0.15) is 4.98 Å². The van der Waals surface area contributed by atoms with E-state index in [4.69, 9.17) is 14.2 Å². The lowest BCUT2D eigenvalue weighted by molar-refractivity contribution is 0.244. The summed E-state index contributed by atoms with van der Waals surface area (Å²) in [5, 5.41) is 7.38. The maximum Gasteiger partial charge on any atom is 0.326 e. The van der Waals surface area contributed by atoms with Crippen LogP contribution in [-0.2, 0) is 0 Å². The molecular weight excluding hydrogens is 472 g/mol. The van der Waals surface area contributed by atoms with Crippen LogP contribution in [0.3, 0.4) is 0 Å². The smallest absolute Gasteiger partial charge is 0.326 e. The van der Waals surface area contributed by atoms with Crippen LogP contribution in [0.4, 0.5) is 10.5 Å². The molecule has 1 atom stereocenters. The largest absolute Gasteiger partial charge is 0.497 e. The summed E-state index contributed by atoms with van der Waals surface area (Å²) < 4.78 is 11.1. The highest BCUT2D eigenvalue weighted by Gasteiger charge is 2.36. The zero-order chi connectivity index (χ0) is 25.2. The second kappa shape index (κ2) is 9.91. The van der Waals surface area contributed by atoms with Crippen molar-refractivity contribution >= 4 is 29.1 Å². The van der Waals surface area contributed by atoms with Crippen molar-refractivity contribution in [1.82, 2.24) is 15.5 Å². The van der Waals surface area contributed by atoms with Gasteiger partial charge in [-0.15, -0.1) is 11.8 Å². The van der Waals surface area contributed by atoms with E-state index in [-0.39, 0.29) is 6.03 Å². The summed E-state index contributed by atoms with van der Waals surface area (Å²) in [6.07, 6.45) is 2.02. The zero-order valence-electron chi connectivity index (χ0n) is 20.5. The molecule has 2 heterocycles. The molecule has 0 aliphatic carbocycles. The van der Waals surface area contributed by atoms with Gasteiger partial charge in [-0.25, -0.2) is 4.79 Å². The Hall–Kier alpha value is -4.04. The maximum absolute atomic E-state index is 13.4. The van der Waals surface area contributed by atoms with E-state index in [1.165, 1.54) is 0 Å². The van der Waals surface area contributed by atoms with Gasteiger partial charge in [-0.3, -0.25) is 4.90 Å². The van der Waals surface area contributed by atoms with E-state index in [1.54, 1.807) is 23.8 Å². The molecule has 1 unspecified atom stereocenters. The Morgan fingerprint density at radius 1 is 0.972 bits per heavy atom. The SMILES string of the molecule is COc1ccc(C2NC(=O)N(c3ccc(SC)cc3)C(C)=C2c2nc(-c3ccc(C)cc3)no2)cc1. The summed E-state index contributed by atoms with van der Waals surface area (Å²) in [5.74, 6) is 1.58. The summed E-state index contributed by atoms with van der Waals surface area (Å²) in [5.41, 5.74) is 5.10. The van der Waals surface area contributed by atoms with Crippen molar-refractivity contribution in [3.05, 3.63) is 95.5 Å². The van der Waals surface area contributed by atoms with E-state index in [9.17, 15) is 4.79 Å². The van der Waals surface area contributed by atoms with E-state index in [1.807, 2.05) is 92.9 Å². The molecule has 0 spiro atoms. The van der Waals surface area contributed by atoms with Crippen molar-refractivity contribution in [2.45, 2.75) is 24.8 Å². The first-order chi connectivity index (χ1) is 17.5. The van der Waals surface area contributed by atoms with Gasteiger partial charge in [0.15, 0.2) is 0 Å². The van der Waals surface area contributed by atoms with Gasteiger partial charge in [0.05, 0.1) is 24.4 Å². The second-order valence-corrected chi connectivity index (χ2v) is 9.36. The minimum Gasteiger partial charge on any atom is -0.497 e. The number of aromatic nitrogens is 2. The summed E-state index contributed by atoms with van der Waals surface area (Å²) in [4.78, 5) is 20.9. The Kier molecular flexibility index (Phi) is 6.52. The number of benzene rings is 3. The van der Waals surface area contributed by atoms with Gasteiger partial charge in [0.2, 0.25) is 5.82 Å². The fourth-order valence-corrected chi connectivity index (χ4v) is 4.67. The minimum absolute atomic E-state index is 0.229. The molecule has 0 radical (unpaired) electrons. The number of allylic oxidation sites excluding steroid dienone is 1. The van der Waals surface area contributed by atoms with Crippen molar-refractivity contribution < 1.29 is 14.1 Å². The normalized spacial score (nSPS) is 15.7. The van der Waals surface area contributed by atoms with Gasteiger partial charge in [-0.05, 0) is 62.1 Å². The lowest BCUT2D eigenvalue weighted by Gasteiger charge is -2.35. The Morgan fingerprint density at radius 2 is 1.67 bits per heavy atom.